The van der Waals surface area contributed by atoms with Crippen LogP contribution in [0, 0.1) is 5.41 Å². The zero-order valence-electron chi connectivity index (χ0n) is 9.13. The summed E-state index contributed by atoms with van der Waals surface area (Å²) in [5.41, 5.74) is 0.000600. The molecule has 0 aromatic carbocycles. The third-order valence-electron chi connectivity index (χ3n) is 2.01. The minimum atomic E-state index is -0.427. The molecule has 0 aliphatic heterocycles. The number of nitrogens with zero attached hydrogens (tertiary/aromatic N) is 1. The van der Waals surface area contributed by atoms with Crippen LogP contribution in [0.1, 0.15) is 31.1 Å². The molecule has 1 rings (SSSR count). The first-order chi connectivity index (χ1) is 6.91. The van der Waals surface area contributed by atoms with E-state index < -0.39 is 5.41 Å². The molecule has 15 heavy (non-hydrogen) atoms. The van der Waals surface area contributed by atoms with Crippen molar-refractivity contribution in [3.8, 4) is 0 Å². The van der Waals surface area contributed by atoms with Crippen LogP contribution in [-0.2, 0) is 4.79 Å². The number of amides is 1. The number of carbonyl (C=O) groups excluding carboxylic acids is 2. The van der Waals surface area contributed by atoms with Crippen molar-refractivity contribution >= 4 is 11.7 Å². The summed E-state index contributed by atoms with van der Waals surface area (Å²) in [6, 6.07) is 0. The zero-order chi connectivity index (χ0) is 11.5. The number of ketones is 1. The number of rotatable bonds is 3. The first-order valence-corrected chi connectivity index (χ1v) is 4.71. The van der Waals surface area contributed by atoms with Gasteiger partial charge in [-0.05, 0) is 0 Å². The van der Waals surface area contributed by atoms with E-state index in [1.807, 2.05) is 20.8 Å². The van der Waals surface area contributed by atoms with Gasteiger partial charge in [-0.2, -0.15) is 5.10 Å². The molecule has 0 aliphatic carbocycles. The predicted molar refractivity (Wildman–Crippen MR) is 55.4 cm³/mol. The molecule has 1 heterocycles. The van der Waals surface area contributed by atoms with Gasteiger partial charge in [0.2, 0.25) is 0 Å². The average Bonchev–Trinajstić information content (AvgIpc) is 2.64. The van der Waals surface area contributed by atoms with Crippen molar-refractivity contribution < 1.29 is 9.59 Å². The van der Waals surface area contributed by atoms with Crippen molar-refractivity contribution in [2.45, 2.75) is 20.8 Å². The van der Waals surface area contributed by atoms with E-state index in [1.54, 1.807) is 0 Å². The molecule has 5 nitrogen and oxygen atoms in total. The molecule has 5 heteroatoms. The number of hydrogen-bond acceptors (Lipinski definition) is 3. The molecule has 0 aliphatic rings. The fraction of sp³-hybridized carbons (Fsp3) is 0.500. The largest absolute Gasteiger partial charge is 0.345 e. The fourth-order valence-electron chi connectivity index (χ4n) is 0.903. The van der Waals surface area contributed by atoms with Crippen LogP contribution in [0.2, 0.25) is 0 Å². The number of H-pyrrole nitrogens is 1. The van der Waals surface area contributed by atoms with Crippen LogP contribution in [0.3, 0.4) is 0 Å². The Labute approximate surface area is 88.3 Å². The van der Waals surface area contributed by atoms with Gasteiger partial charge >= 0.3 is 0 Å². The van der Waals surface area contributed by atoms with Gasteiger partial charge < -0.3 is 5.32 Å². The average molecular weight is 209 g/mol. The quantitative estimate of drug-likeness (QED) is 0.771. The van der Waals surface area contributed by atoms with E-state index in [0.29, 0.717) is 5.56 Å². The number of hydrogen-bond donors (Lipinski definition) is 2. The molecule has 1 amide bonds. The van der Waals surface area contributed by atoms with Crippen molar-refractivity contribution in [3.63, 3.8) is 0 Å². The highest BCUT2D eigenvalue weighted by Gasteiger charge is 2.21. The smallest absolute Gasteiger partial charge is 0.254 e. The lowest BCUT2D eigenvalue weighted by Crippen LogP contribution is -2.35. The van der Waals surface area contributed by atoms with Gasteiger partial charge in [0.05, 0.1) is 18.3 Å². The lowest BCUT2D eigenvalue weighted by Gasteiger charge is -2.16. The number of carbonyl (C=O) groups is 2. The molecule has 0 radical (unpaired) electrons. The summed E-state index contributed by atoms with van der Waals surface area (Å²) in [5, 5.41) is 8.72. The normalized spacial score (nSPS) is 11.1. The zero-order valence-corrected chi connectivity index (χ0v) is 9.13. The van der Waals surface area contributed by atoms with Gasteiger partial charge in [-0.15, -0.1) is 0 Å². The van der Waals surface area contributed by atoms with Gasteiger partial charge in [0, 0.05) is 11.6 Å². The summed E-state index contributed by atoms with van der Waals surface area (Å²) in [6.07, 6.45) is 2.90. The van der Waals surface area contributed by atoms with Crippen LogP contribution >= 0.6 is 0 Å². The number of aromatic amines is 1. The van der Waals surface area contributed by atoms with Crippen molar-refractivity contribution in [3.05, 3.63) is 18.0 Å². The van der Waals surface area contributed by atoms with E-state index >= 15 is 0 Å². The van der Waals surface area contributed by atoms with Gasteiger partial charge in [0.15, 0.2) is 5.78 Å². The summed E-state index contributed by atoms with van der Waals surface area (Å²) in [6.45, 7) is 5.51. The maximum absolute atomic E-state index is 11.5. The van der Waals surface area contributed by atoms with E-state index in [2.05, 4.69) is 15.5 Å². The molecule has 0 fully saturated rings. The minimum absolute atomic E-state index is 0.000607. The van der Waals surface area contributed by atoms with Gasteiger partial charge in [-0.1, -0.05) is 20.8 Å². The van der Waals surface area contributed by atoms with Crippen LogP contribution in [0.25, 0.3) is 0 Å². The summed E-state index contributed by atoms with van der Waals surface area (Å²) >= 11 is 0. The molecular formula is C10H15N3O2. The van der Waals surface area contributed by atoms with Crippen molar-refractivity contribution in [2.24, 2.45) is 5.41 Å². The van der Waals surface area contributed by atoms with Crippen LogP contribution in [0.15, 0.2) is 12.4 Å². The number of aromatic nitrogens is 2. The second-order valence-corrected chi connectivity index (χ2v) is 4.34. The maximum Gasteiger partial charge on any atom is 0.254 e. The molecular weight excluding hydrogens is 194 g/mol. The first-order valence-electron chi connectivity index (χ1n) is 4.71. The van der Waals surface area contributed by atoms with Crippen molar-refractivity contribution in [1.82, 2.24) is 15.5 Å². The SMILES string of the molecule is CC(C)(C)C(=O)CNC(=O)c1cn[nH]c1. The fourth-order valence-corrected chi connectivity index (χ4v) is 0.903. The summed E-state index contributed by atoms with van der Waals surface area (Å²) < 4.78 is 0. The molecule has 1 aromatic heterocycles. The van der Waals surface area contributed by atoms with Gasteiger partial charge in [0.1, 0.15) is 0 Å². The van der Waals surface area contributed by atoms with Crippen molar-refractivity contribution in [2.75, 3.05) is 6.54 Å². The molecule has 0 unspecified atom stereocenters. The Morgan fingerprint density at radius 3 is 2.60 bits per heavy atom. The van der Waals surface area contributed by atoms with Crippen LogP contribution < -0.4 is 5.32 Å². The standard InChI is InChI=1S/C10H15N3O2/c1-10(2,3)8(14)6-11-9(15)7-4-12-13-5-7/h4-5H,6H2,1-3H3,(H,11,15)(H,12,13). The monoisotopic (exact) mass is 209 g/mol. The molecule has 0 saturated carbocycles. The summed E-state index contributed by atoms with van der Waals surface area (Å²) in [7, 11) is 0. The number of Topliss-reactive ketones (excluding diaryl/α,β-unsaturated/α-hetero) is 1. The second kappa shape index (κ2) is 4.25. The minimum Gasteiger partial charge on any atom is -0.345 e. The van der Waals surface area contributed by atoms with E-state index in [-0.39, 0.29) is 18.2 Å². The molecule has 82 valence electrons. The van der Waals surface area contributed by atoms with E-state index in [1.165, 1.54) is 12.4 Å². The van der Waals surface area contributed by atoms with Crippen LogP contribution in [0.4, 0.5) is 0 Å². The van der Waals surface area contributed by atoms with Crippen LogP contribution in [-0.4, -0.2) is 28.4 Å². The van der Waals surface area contributed by atoms with Gasteiger partial charge in [-0.25, -0.2) is 0 Å². The maximum atomic E-state index is 11.5. The Morgan fingerprint density at radius 2 is 2.13 bits per heavy atom. The lowest BCUT2D eigenvalue weighted by atomic mass is 9.91. The number of nitrogens with one attached hydrogen (secondary N) is 2. The van der Waals surface area contributed by atoms with Gasteiger partial charge in [-0.3, -0.25) is 14.7 Å². The molecule has 2 N–H and O–H groups in total. The molecule has 0 bridgehead atoms. The Kier molecular flexibility index (Phi) is 3.24. The van der Waals surface area contributed by atoms with Crippen molar-refractivity contribution in [1.29, 1.82) is 0 Å². The summed E-state index contributed by atoms with van der Waals surface area (Å²) in [5.74, 6) is -0.291. The molecule has 0 saturated heterocycles. The van der Waals surface area contributed by atoms with Gasteiger partial charge in [0.25, 0.3) is 5.91 Å². The Morgan fingerprint density at radius 1 is 1.47 bits per heavy atom. The highest BCUT2D eigenvalue weighted by Crippen LogP contribution is 2.13. The highest BCUT2D eigenvalue weighted by atomic mass is 16.2. The summed E-state index contributed by atoms with van der Waals surface area (Å²) in [4.78, 5) is 22.9. The molecule has 0 atom stereocenters. The van der Waals surface area contributed by atoms with E-state index in [9.17, 15) is 9.59 Å². The Balaban J connectivity index is 2.45. The Bertz CT molecular complexity index is 349. The second-order valence-electron chi connectivity index (χ2n) is 4.34. The third-order valence-corrected chi connectivity index (χ3v) is 2.01. The predicted octanol–water partition coefficient (Wildman–Crippen LogP) is 0.755. The van der Waals surface area contributed by atoms with E-state index in [4.69, 9.17) is 0 Å². The third kappa shape index (κ3) is 3.19. The molecule has 0 spiro atoms. The lowest BCUT2D eigenvalue weighted by molar-refractivity contribution is -0.125. The van der Waals surface area contributed by atoms with Crippen LogP contribution in [0.5, 0.6) is 0 Å². The van der Waals surface area contributed by atoms with E-state index in [0.717, 1.165) is 0 Å². The Hall–Kier alpha value is -1.65. The highest BCUT2D eigenvalue weighted by molar-refractivity contribution is 5.97. The first kappa shape index (κ1) is 11.4. The molecule has 1 aromatic rings. The topological polar surface area (TPSA) is 74.8 Å².